The number of allylic oxidation sites excluding steroid dienone is 1. The molecule has 1 aromatic carbocycles. The van der Waals surface area contributed by atoms with Gasteiger partial charge in [0.25, 0.3) is 5.56 Å². The first-order valence-corrected chi connectivity index (χ1v) is 7.78. The van der Waals surface area contributed by atoms with E-state index in [0.717, 1.165) is 5.56 Å². The molecule has 1 N–H and O–H groups in total. The standard InChI is InChI=1S/C19H21NO5/c1-13-11-17(22)18(19(23)20(13)2)16(21)8-7-14-5-4-6-15(12-14)25-10-9-24-3/h4-8,11-12,22H,9-10H2,1-3H3. The Morgan fingerprint density at radius 3 is 2.76 bits per heavy atom. The maximum absolute atomic E-state index is 12.3. The van der Waals surface area contributed by atoms with E-state index >= 15 is 0 Å². The first kappa shape index (κ1) is 18.5. The minimum atomic E-state index is -0.552. The molecule has 132 valence electrons. The third kappa shape index (κ3) is 4.58. The lowest BCUT2D eigenvalue weighted by molar-refractivity contribution is 0.104. The van der Waals surface area contributed by atoms with Crippen molar-refractivity contribution in [3.8, 4) is 11.5 Å². The molecule has 0 spiro atoms. The molecule has 2 rings (SSSR count). The molecule has 0 unspecified atom stereocenters. The summed E-state index contributed by atoms with van der Waals surface area (Å²) in [5.74, 6) is -0.212. The Hall–Kier alpha value is -2.86. The number of ketones is 1. The molecule has 25 heavy (non-hydrogen) atoms. The summed E-state index contributed by atoms with van der Waals surface area (Å²) in [5.41, 5.74) is 0.552. The Bertz CT molecular complexity index is 851. The highest BCUT2D eigenvalue weighted by Crippen LogP contribution is 2.17. The number of carbonyl (C=O) groups excluding carboxylic acids is 1. The average molecular weight is 343 g/mol. The first-order valence-electron chi connectivity index (χ1n) is 7.78. The van der Waals surface area contributed by atoms with Gasteiger partial charge >= 0.3 is 0 Å². The predicted molar refractivity (Wildman–Crippen MR) is 95.3 cm³/mol. The summed E-state index contributed by atoms with van der Waals surface area (Å²) in [5, 5.41) is 9.93. The number of carbonyl (C=O) groups is 1. The molecule has 1 aromatic heterocycles. The Morgan fingerprint density at radius 1 is 1.28 bits per heavy atom. The van der Waals surface area contributed by atoms with Gasteiger partial charge in [-0.2, -0.15) is 0 Å². The molecule has 0 saturated heterocycles. The summed E-state index contributed by atoms with van der Waals surface area (Å²) in [6.07, 6.45) is 2.84. The maximum atomic E-state index is 12.3. The first-order chi connectivity index (χ1) is 11.9. The molecule has 6 nitrogen and oxygen atoms in total. The number of ether oxygens (including phenoxy) is 2. The molecule has 0 aliphatic carbocycles. The van der Waals surface area contributed by atoms with Crippen LogP contribution in [0, 0.1) is 6.92 Å². The second-order valence-corrected chi connectivity index (χ2v) is 5.52. The number of aryl methyl sites for hydroxylation is 1. The van der Waals surface area contributed by atoms with Crippen LogP contribution in [0.15, 0.2) is 41.2 Å². The van der Waals surface area contributed by atoms with Gasteiger partial charge in [-0.05, 0) is 30.7 Å². The van der Waals surface area contributed by atoms with E-state index in [1.165, 1.54) is 16.7 Å². The quantitative estimate of drug-likeness (QED) is 0.474. The number of benzene rings is 1. The highest BCUT2D eigenvalue weighted by Gasteiger charge is 2.16. The van der Waals surface area contributed by atoms with Crippen molar-refractivity contribution in [2.45, 2.75) is 6.92 Å². The van der Waals surface area contributed by atoms with Gasteiger partial charge in [0.1, 0.15) is 23.7 Å². The largest absolute Gasteiger partial charge is 0.507 e. The Kier molecular flexibility index (Phi) is 6.14. The van der Waals surface area contributed by atoms with Gasteiger partial charge < -0.3 is 19.1 Å². The third-order valence-corrected chi connectivity index (χ3v) is 3.74. The zero-order chi connectivity index (χ0) is 18.4. The number of hydrogen-bond acceptors (Lipinski definition) is 5. The fourth-order valence-electron chi connectivity index (χ4n) is 2.24. The van der Waals surface area contributed by atoms with Crippen molar-refractivity contribution in [2.24, 2.45) is 7.05 Å². The summed E-state index contributed by atoms with van der Waals surface area (Å²) in [6.45, 7) is 2.59. The number of rotatable bonds is 7. The van der Waals surface area contributed by atoms with Crippen LogP contribution in [-0.4, -0.2) is 35.8 Å². The summed E-state index contributed by atoms with van der Waals surface area (Å²) in [7, 11) is 3.15. The van der Waals surface area contributed by atoms with Crippen molar-refractivity contribution in [3.63, 3.8) is 0 Å². The lowest BCUT2D eigenvalue weighted by Gasteiger charge is -2.07. The third-order valence-electron chi connectivity index (χ3n) is 3.74. The molecular formula is C19H21NO5. The van der Waals surface area contributed by atoms with E-state index in [0.29, 0.717) is 24.7 Å². The average Bonchev–Trinajstić information content (AvgIpc) is 2.59. The molecule has 0 bridgehead atoms. The lowest BCUT2D eigenvalue weighted by Crippen LogP contribution is -2.25. The van der Waals surface area contributed by atoms with Gasteiger partial charge in [0.2, 0.25) is 0 Å². The fourth-order valence-corrected chi connectivity index (χ4v) is 2.24. The molecule has 1 heterocycles. The molecule has 0 amide bonds. The Morgan fingerprint density at radius 2 is 2.04 bits per heavy atom. The summed E-state index contributed by atoms with van der Waals surface area (Å²) >= 11 is 0. The van der Waals surface area contributed by atoms with Crippen molar-refractivity contribution in [3.05, 3.63) is 63.6 Å². The minimum absolute atomic E-state index is 0.239. The SMILES string of the molecule is COCCOc1cccc(C=CC(=O)c2c(O)cc(C)n(C)c2=O)c1. The van der Waals surface area contributed by atoms with Crippen LogP contribution in [0.25, 0.3) is 6.08 Å². The summed E-state index contributed by atoms with van der Waals surface area (Å²) in [6, 6.07) is 8.57. The van der Waals surface area contributed by atoms with Gasteiger partial charge in [0, 0.05) is 25.9 Å². The summed E-state index contributed by atoms with van der Waals surface area (Å²) in [4.78, 5) is 24.5. The second kappa shape index (κ2) is 8.30. The van der Waals surface area contributed by atoms with Crippen molar-refractivity contribution < 1.29 is 19.4 Å². The molecule has 0 aliphatic heterocycles. The summed E-state index contributed by atoms with van der Waals surface area (Å²) < 4.78 is 11.8. The monoisotopic (exact) mass is 343 g/mol. The maximum Gasteiger partial charge on any atom is 0.265 e. The molecule has 6 heteroatoms. The van der Waals surface area contributed by atoms with E-state index in [4.69, 9.17) is 9.47 Å². The minimum Gasteiger partial charge on any atom is -0.507 e. The van der Waals surface area contributed by atoms with Crippen LogP contribution in [0.5, 0.6) is 11.5 Å². The van der Waals surface area contributed by atoms with Crippen LogP contribution >= 0.6 is 0 Å². The normalized spacial score (nSPS) is 11.0. The van der Waals surface area contributed by atoms with E-state index in [1.54, 1.807) is 51.4 Å². The molecule has 0 fully saturated rings. The van der Waals surface area contributed by atoms with Crippen LogP contribution in [0.3, 0.4) is 0 Å². The van der Waals surface area contributed by atoms with Gasteiger partial charge in [0.15, 0.2) is 5.78 Å². The van der Waals surface area contributed by atoms with Gasteiger partial charge in [0.05, 0.1) is 6.61 Å². The number of pyridine rings is 1. The van der Waals surface area contributed by atoms with E-state index in [1.807, 2.05) is 0 Å². The highest BCUT2D eigenvalue weighted by atomic mass is 16.5. The predicted octanol–water partition coefficient (Wildman–Crippen LogP) is 2.32. The van der Waals surface area contributed by atoms with Crippen LogP contribution in [-0.2, 0) is 11.8 Å². The van der Waals surface area contributed by atoms with Crippen molar-refractivity contribution in [1.82, 2.24) is 4.57 Å². The molecule has 0 radical (unpaired) electrons. The molecular weight excluding hydrogens is 322 g/mol. The van der Waals surface area contributed by atoms with Crippen molar-refractivity contribution in [2.75, 3.05) is 20.3 Å². The zero-order valence-corrected chi connectivity index (χ0v) is 14.5. The molecule has 0 atom stereocenters. The van der Waals surface area contributed by atoms with E-state index in [9.17, 15) is 14.7 Å². The van der Waals surface area contributed by atoms with Gasteiger partial charge in [-0.15, -0.1) is 0 Å². The van der Waals surface area contributed by atoms with Crippen LogP contribution < -0.4 is 10.3 Å². The fraction of sp³-hybridized carbons (Fsp3) is 0.263. The number of nitrogens with zero attached hydrogens (tertiary/aromatic N) is 1. The van der Waals surface area contributed by atoms with Crippen LogP contribution in [0.2, 0.25) is 0 Å². The number of aromatic nitrogens is 1. The number of hydrogen-bond donors (Lipinski definition) is 1. The van der Waals surface area contributed by atoms with E-state index in [2.05, 4.69) is 0 Å². The lowest BCUT2D eigenvalue weighted by atomic mass is 10.1. The van der Waals surface area contributed by atoms with Crippen molar-refractivity contribution in [1.29, 1.82) is 0 Å². The van der Waals surface area contributed by atoms with Gasteiger partial charge in [-0.3, -0.25) is 9.59 Å². The van der Waals surface area contributed by atoms with Crippen LogP contribution in [0.4, 0.5) is 0 Å². The Labute approximate surface area is 145 Å². The highest BCUT2D eigenvalue weighted by molar-refractivity contribution is 6.08. The van der Waals surface area contributed by atoms with E-state index in [-0.39, 0.29) is 11.3 Å². The second-order valence-electron chi connectivity index (χ2n) is 5.52. The van der Waals surface area contributed by atoms with Gasteiger partial charge in [-0.1, -0.05) is 18.2 Å². The molecule has 0 aliphatic rings. The number of methoxy groups -OCH3 is 1. The molecule has 2 aromatic rings. The number of aromatic hydroxyl groups is 1. The van der Waals surface area contributed by atoms with Crippen LogP contribution in [0.1, 0.15) is 21.6 Å². The Balaban J connectivity index is 2.20. The van der Waals surface area contributed by atoms with Crippen molar-refractivity contribution >= 4 is 11.9 Å². The zero-order valence-electron chi connectivity index (χ0n) is 14.5. The van der Waals surface area contributed by atoms with Gasteiger partial charge in [-0.25, -0.2) is 0 Å². The molecule has 0 saturated carbocycles. The topological polar surface area (TPSA) is 77.8 Å². The van der Waals surface area contributed by atoms with E-state index < -0.39 is 11.3 Å². The smallest absolute Gasteiger partial charge is 0.265 e.